The molecule has 0 unspecified atom stereocenters. The standard InChI is InChI=1S/C24H34N4O5S/c1-18-6-10-27(11-7-18)9-3-8-25-24(30)21-17-26(2)22-5-4-19(16-20(22)23(21)29)34(31,32)28-12-14-33-15-13-28/h4-5,16-18H,3,6-15H2,1-2H3,(H,25,30). The van der Waals surface area contributed by atoms with E-state index < -0.39 is 21.4 Å². The first-order valence-corrected chi connectivity index (χ1v) is 13.4. The van der Waals surface area contributed by atoms with Crippen LogP contribution in [0.4, 0.5) is 0 Å². The Morgan fingerprint density at radius 1 is 1.15 bits per heavy atom. The lowest BCUT2D eigenvalue weighted by Crippen LogP contribution is -2.40. The van der Waals surface area contributed by atoms with E-state index in [0.717, 1.165) is 32.0 Å². The van der Waals surface area contributed by atoms with Crippen LogP contribution >= 0.6 is 0 Å². The molecule has 2 aliphatic rings. The number of morpholine rings is 1. The number of aryl methyl sites for hydroxylation is 1. The Kier molecular flexibility index (Phi) is 7.71. The molecule has 1 amide bonds. The Labute approximate surface area is 200 Å². The van der Waals surface area contributed by atoms with Crippen LogP contribution in [0.25, 0.3) is 10.9 Å². The first kappa shape index (κ1) is 24.8. The Morgan fingerprint density at radius 3 is 2.56 bits per heavy atom. The van der Waals surface area contributed by atoms with Gasteiger partial charge in [0.1, 0.15) is 5.56 Å². The lowest BCUT2D eigenvalue weighted by Gasteiger charge is -2.30. The van der Waals surface area contributed by atoms with Crippen LogP contribution in [-0.4, -0.2) is 80.6 Å². The van der Waals surface area contributed by atoms with E-state index in [2.05, 4.69) is 17.1 Å². The third-order valence-electron chi connectivity index (χ3n) is 6.83. The third kappa shape index (κ3) is 5.35. The minimum Gasteiger partial charge on any atom is -0.379 e. The molecule has 0 radical (unpaired) electrons. The molecule has 1 aromatic carbocycles. The lowest BCUT2D eigenvalue weighted by molar-refractivity contribution is 0.0730. The summed E-state index contributed by atoms with van der Waals surface area (Å²) >= 11 is 0. The summed E-state index contributed by atoms with van der Waals surface area (Å²) in [7, 11) is -2.01. The van der Waals surface area contributed by atoms with E-state index in [1.165, 1.54) is 35.5 Å². The van der Waals surface area contributed by atoms with E-state index in [9.17, 15) is 18.0 Å². The number of likely N-dealkylation sites (tertiary alicyclic amines) is 1. The molecular weight excluding hydrogens is 456 g/mol. The number of carbonyl (C=O) groups excluding carboxylic acids is 1. The van der Waals surface area contributed by atoms with Gasteiger partial charge in [0.25, 0.3) is 5.91 Å². The molecule has 0 atom stereocenters. The van der Waals surface area contributed by atoms with Crippen molar-refractivity contribution in [2.75, 3.05) is 52.5 Å². The number of benzene rings is 1. The molecule has 2 aliphatic heterocycles. The van der Waals surface area contributed by atoms with Crippen molar-refractivity contribution in [1.29, 1.82) is 0 Å². The summed E-state index contributed by atoms with van der Waals surface area (Å²) in [6, 6.07) is 4.51. The number of ether oxygens (including phenoxy) is 1. The van der Waals surface area contributed by atoms with Gasteiger partial charge in [-0.3, -0.25) is 9.59 Å². The van der Waals surface area contributed by atoms with E-state index in [1.807, 2.05) is 0 Å². The number of rotatable bonds is 7. The smallest absolute Gasteiger partial charge is 0.256 e. The quantitative estimate of drug-likeness (QED) is 0.589. The van der Waals surface area contributed by atoms with Gasteiger partial charge < -0.3 is 19.5 Å². The van der Waals surface area contributed by atoms with Crippen molar-refractivity contribution < 1.29 is 17.9 Å². The molecule has 9 nitrogen and oxygen atoms in total. The molecule has 10 heteroatoms. The van der Waals surface area contributed by atoms with Crippen molar-refractivity contribution in [2.24, 2.45) is 13.0 Å². The SMILES string of the molecule is CC1CCN(CCCNC(=O)c2cn(C)c3ccc(S(=O)(=O)N4CCOCC4)cc3c2=O)CC1. The average Bonchev–Trinajstić information content (AvgIpc) is 2.85. The van der Waals surface area contributed by atoms with Crippen LogP contribution in [0, 0.1) is 5.92 Å². The number of carbonyl (C=O) groups is 1. The zero-order valence-corrected chi connectivity index (χ0v) is 20.8. The molecule has 1 aromatic heterocycles. The Balaban J connectivity index is 1.49. The molecule has 1 N–H and O–H groups in total. The molecule has 0 spiro atoms. The number of nitrogens with one attached hydrogen (secondary N) is 1. The Hall–Kier alpha value is -2.27. The summed E-state index contributed by atoms with van der Waals surface area (Å²) in [6.45, 7) is 7.11. The second-order valence-corrected chi connectivity index (χ2v) is 11.2. The van der Waals surface area contributed by atoms with Crippen molar-refractivity contribution in [2.45, 2.75) is 31.1 Å². The minimum atomic E-state index is -3.75. The first-order chi connectivity index (χ1) is 16.3. The molecule has 4 rings (SSSR count). The van der Waals surface area contributed by atoms with Gasteiger partial charge in [-0.1, -0.05) is 6.92 Å². The van der Waals surface area contributed by atoms with Gasteiger partial charge in [-0.2, -0.15) is 4.31 Å². The summed E-state index contributed by atoms with van der Waals surface area (Å²) in [5, 5.41) is 3.07. The van der Waals surface area contributed by atoms with Crippen LogP contribution in [0.5, 0.6) is 0 Å². The van der Waals surface area contributed by atoms with Gasteiger partial charge in [0.05, 0.1) is 23.6 Å². The van der Waals surface area contributed by atoms with Crippen LogP contribution in [0.3, 0.4) is 0 Å². The fraction of sp³-hybridized carbons (Fsp3) is 0.583. The highest BCUT2D eigenvalue weighted by atomic mass is 32.2. The summed E-state index contributed by atoms with van der Waals surface area (Å²) in [5.41, 5.74) is 0.124. The second-order valence-electron chi connectivity index (χ2n) is 9.31. The van der Waals surface area contributed by atoms with Crippen LogP contribution < -0.4 is 10.7 Å². The number of amides is 1. The van der Waals surface area contributed by atoms with Crippen molar-refractivity contribution >= 4 is 26.8 Å². The van der Waals surface area contributed by atoms with Gasteiger partial charge in [-0.05, 0) is 63.0 Å². The summed E-state index contributed by atoms with van der Waals surface area (Å²) in [4.78, 5) is 28.4. The number of fused-ring (bicyclic) bond motifs is 1. The van der Waals surface area contributed by atoms with Crippen molar-refractivity contribution in [3.8, 4) is 0 Å². The van der Waals surface area contributed by atoms with Crippen molar-refractivity contribution in [1.82, 2.24) is 19.1 Å². The zero-order valence-electron chi connectivity index (χ0n) is 20.0. The van der Waals surface area contributed by atoms with E-state index >= 15 is 0 Å². The molecule has 0 bridgehead atoms. The Bertz CT molecular complexity index is 1200. The number of piperidine rings is 1. The molecule has 0 aliphatic carbocycles. The number of hydrogen-bond donors (Lipinski definition) is 1. The summed E-state index contributed by atoms with van der Waals surface area (Å²) in [6.07, 6.45) is 4.75. The normalized spacial score (nSPS) is 18.9. The predicted molar refractivity (Wildman–Crippen MR) is 131 cm³/mol. The fourth-order valence-corrected chi connectivity index (χ4v) is 6.05. The molecule has 186 valence electrons. The largest absolute Gasteiger partial charge is 0.379 e. The monoisotopic (exact) mass is 490 g/mol. The van der Waals surface area contributed by atoms with Gasteiger partial charge in [-0.25, -0.2) is 8.42 Å². The highest BCUT2D eigenvalue weighted by Crippen LogP contribution is 2.21. The van der Waals surface area contributed by atoms with Crippen molar-refractivity contribution in [3.05, 3.63) is 40.2 Å². The number of hydrogen-bond acceptors (Lipinski definition) is 6. The van der Waals surface area contributed by atoms with Crippen molar-refractivity contribution in [3.63, 3.8) is 0 Å². The zero-order chi connectivity index (χ0) is 24.3. The number of nitrogens with zero attached hydrogens (tertiary/aromatic N) is 3. The topological polar surface area (TPSA) is 101 Å². The maximum atomic E-state index is 13.2. The molecular formula is C24H34N4O5S. The molecule has 2 fully saturated rings. The predicted octanol–water partition coefficient (Wildman–Crippen LogP) is 1.41. The number of aromatic nitrogens is 1. The van der Waals surface area contributed by atoms with Gasteiger partial charge in [0.15, 0.2) is 0 Å². The molecule has 2 aromatic rings. The molecule has 3 heterocycles. The average molecular weight is 491 g/mol. The van der Waals surface area contributed by atoms with Gasteiger partial charge in [0.2, 0.25) is 15.5 Å². The highest BCUT2D eigenvalue weighted by Gasteiger charge is 2.27. The molecule has 34 heavy (non-hydrogen) atoms. The molecule has 2 saturated heterocycles. The van der Waals surface area contributed by atoms with Crippen LogP contribution in [0.1, 0.15) is 36.5 Å². The van der Waals surface area contributed by atoms with E-state index in [-0.39, 0.29) is 28.9 Å². The summed E-state index contributed by atoms with van der Waals surface area (Å²) in [5.74, 6) is 0.348. The van der Waals surface area contributed by atoms with Crippen LogP contribution in [-0.2, 0) is 21.8 Å². The van der Waals surface area contributed by atoms with E-state index in [0.29, 0.717) is 25.3 Å². The number of sulfonamides is 1. The van der Waals surface area contributed by atoms with Gasteiger partial charge >= 0.3 is 0 Å². The second kappa shape index (κ2) is 10.6. The highest BCUT2D eigenvalue weighted by molar-refractivity contribution is 7.89. The Morgan fingerprint density at radius 2 is 1.85 bits per heavy atom. The minimum absolute atomic E-state index is 0.0164. The maximum absolute atomic E-state index is 13.2. The van der Waals surface area contributed by atoms with Crippen LogP contribution in [0.2, 0.25) is 0 Å². The third-order valence-corrected chi connectivity index (χ3v) is 8.72. The van der Waals surface area contributed by atoms with Gasteiger partial charge in [0, 0.05) is 38.3 Å². The first-order valence-electron chi connectivity index (χ1n) is 12.0. The number of pyridine rings is 1. The fourth-order valence-electron chi connectivity index (χ4n) is 4.62. The van der Waals surface area contributed by atoms with E-state index in [4.69, 9.17) is 4.74 Å². The van der Waals surface area contributed by atoms with Crippen LogP contribution in [0.15, 0.2) is 34.1 Å². The van der Waals surface area contributed by atoms with Gasteiger partial charge in [-0.15, -0.1) is 0 Å². The van der Waals surface area contributed by atoms with E-state index in [1.54, 1.807) is 17.7 Å². The maximum Gasteiger partial charge on any atom is 0.256 e. The summed E-state index contributed by atoms with van der Waals surface area (Å²) < 4.78 is 34.4. The lowest BCUT2D eigenvalue weighted by atomic mass is 9.99. The molecule has 0 saturated carbocycles.